The number of pyridine rings is 2. The lowest BCUT2D eigenvalue weighted by Crippen LogP contribution is -2.19. The Kier molecular flexibility index (Phi) is 10.9. The first-order valence-electron chi connectivity index (χ1n) is 13.1. The van der Waals surface area contributed by atoms with E-state index in [4.69, 9.17) is 15.2 Å². The average Bonchev–Trinajstić information content (AvgIpc) is 3.48. The van der Waals surface area contributed by atoms with Crippen molar-refractivity contribution in [1.82, 2.24) is 20.2 Å². The maximum Gasteiger partial charge on any atom is 0.325 e. The van der Waals surface area contributed by atoms with Gasteiger partial charge in [0.05, 0.1) is 12.4 Å². The van der Waals surface area contributed by atoms with E-state index in [-0.39, 0.29) is 24.9 Å². The molecule has 222 valence electrons. The molecule has 0 radical (unpaired) electrons. The highest BCUT2D eigenvalue weighted by atomic mass is 32.1. The Balaban J connectivity index is 0.000000225. The Morgan fingerprint density at radius 2 is 1.47 bits per heavy atom. The molecule has 3 heterocycles. The molecule has 10 nitrogen and oxygen atoms in total. The molecule has 0 unspecified atom stereocenters. The second-order valence-electron chi connectivity index (χ2n) is 9.29. The second kappa shape index (κ2) is 15.2. The van der Waals surface area contributed by atoms with Gasteiger partial charge in [0.25, 0.3) is 0 Å². The number of aromatic nitrogens is 4. The van der Waals surface area contributed by atoms with Crippen LogP contribution in [0.4, 0.5) is 30.1 Å². The highest BCUT2D eigenvalue weighted by Crippen LogP contribution is 2.23. The first-order chi connectivity index (χ1) is 20.8. The lowest BCUT2D eigenvalue weighted by atomic mass is 10.2. The zero-order valence-electron chi connectivity index (χ0n) is 23.3. The number of hydrogen-bond donors (Lipinski definition) is 3. The Bertz CT molecular complexity index is 1620. The number of nitrogen functional groups attached to an aromatic ring is 1. The van der Waals surface area contributed by atoms with Crippen LogP contribution in [-0.2, 0) is 13.2 Å². The van der Waals surface area contributed by atoms with Gasteiger partial charge in [-0.2, -0.15) is 0 Å². The van der Waals surface area contributed by atoms with Gasteiger partial charge in [-0.1, -0.05) is 25.2 Å². The molecule has 5 aromatic rings. The van der Waals surface area contributed by atoms with Crippen LogP contribution in [0.25, 0.3) is 0 Å². The van der Waals surface area contributed by atoms with Gasteiger partial charge in [0.1, 0.15) is 41.4 Å². The standard InChI is InChI=1S/C18H18FN5O2S.C12H11FN2O/c1-11(2)16-23-24-18(27-16)22-17(25)21-13-5-6-15(19)12(8-13)10-26-14-4-3-7-20-9-14;13-12-4-3-10(14)6-9(12)8-16-11-2-1-5-15-7-11/h3-9,11H,10H2,1-2H3,(H2,21,22,24,25);1-7H,8,14H2. The molecule has 13 heteroatoms. The minimum absolute atomic E-state index is 0.0167. The highest BCUT2D eigenvalue weighted by molar-refractivity contribution is 7.15. The Labute approximate surface area is 251 Å². The second-order valence-corrected chi connectivity index (χ2v) is 10.3. The van der Waals surface area contributed by atoms with E-state index in [1.807, 2.05) is 13.8 Å². The predicted octanol–water partition coefficient (Wildman–Crippen LogP) is 6.80. The number of halogens is 2. The van der Waals surface area contributed by atoms with Gasteiger partial charge in [0.2, 0.25) is 5.13 Å². The summed E-state index contributed by atoms with van der Waals surface area (Å²) in [6.07, 6.45) is 6.39. The molecule has 0 aliphatic carbocycles. The third-order valence-corrected chi connectivity index (χ3v) is 6.73. The molecule has 5 rings (SSSR count). The van der Waals surface area contributed by atoms with Crippen molar-refractivity contribution in [3.05, 3.63) is 113 Å². The number of amides is 2. The van der Waals surface area contributed by atoms with Crippen LogP contribution >= 0.6 is 11.3 Å². The van der Waals surface area contributed by atoms with Crippen molar-refractivity contribution in [2.75, 3.05) is 16.4 Å². The molecule has 2 amide bonds. The van der Waals surface area contributed by atoms with Crippen LogP contribution in [0.3, 0.4) is 0 Å². The summed E-state index contributed by atoms with van der Waals surface area (Å²) in [4.78, 5) is 19.9. The fourth-order valence-electron chi connectivity index (χ4n) is 3.43. The summed E-state index contributed by atoms with van der Waals surface area (Å²) >= 11 is 1.31. The molecule has 0 aliphatic heterocycles. The average molecular weight is 606 g/mol. The predicted molar refractivity (Wildman–Crippen MR) is 161 cm³/mol. The van der Waals surface area contributed by atoms with E-state index in [1.54, 1.807) is 55.1 Å². The maximum atomic E-state index is 14.0. The van der Waals surface area contributed by atoms with Crippen molar-refractivity contribution in [3.8, 4) is 11.5 Å². The first-order valence-corrected chi connectivity index (χ1v) is 13.9. The molecule has 0 aliphatic rings. The normalized spacial score (nSPS) is 10.4. The molecule has 0 saturated carbocycles. The largest absolute Gasteiger partial charge is 0.487 e. The number of carbonyl (C=O) groups excluding carboxylic acids is 1. The van der Waals surface area contributed by atoms with Gasteiger partial charge in [-0.3, -0.25) is 15.3 Å². The molecule has 0 saturated heterocycles. The number of carbonyl (C=O) groups is 1. The molecule has 43 heavy (non-hydrogen) atoms. The maximum absolute atomic E-state index is 14.0. The summed E-state index contributed by atoms with van der Waals surface area (Å²) in [7, 11) is 0. The fraction of sp³-hybridized carbons (Fsp3) is 0.167. The SMILES string of the molecule is CC(C)c1nnc(NC(=O)Nc2ccc(F)c(COc3cccnc3)c2)s1.Nc1ccc(F)c(COc2cccnc2)c1. The number of hydrogen-bond acceptors (Lipinski definition) is 9. The van der Waals surface area contributed by atoms with Crippen molar-refractivity contribution < 1.29 is 23.0 Å². The quantitative estimate of drug-likeness (QED) is 0.156. The molecule has 3 aromatic heterocycles. The summed E-state index contributed by atoms with van der Waals surface area (Å²) in [6, 6.07) is 15.2. The third kappa shape index (κ3) is 9.71. The van der Waals surface area contributed by atoms with Crippen molar-refractivity contribution >= 4 is 33.9 Å². The minimum atomic E-state index is -0.479. The Hall–Kier alpha value is -5.17. The van der Waals surface area contributed by atoms with Gasteiger partial charge in [-0.25, -0.2) is 13.6 Å². The molecule has 4 N–H and O–H groups in total. The molecular formula is C30H29F2N7O3S. The number of ether oxygens (including phenoxy) is 2. The van der Waals surface area contributed by atoms with E-state index in [1.165, 1.54) is 41.7 Å². The summed E-state index contributed by atoms with van der Waals surface area (Å²) < 4.78 is 38.2. The van der Waals surface area contributed by atoms with E-state index in [9.17, 15) is 13.6 Å². The number of urea groups is 1. The van der Waals surface area contributed by atoms with Crippen LogP contribution in [0.1, 0.15) is 35.9 Å². The zero-order valence-corrected chi connectivity index (χ0v) is 24.1. The summed E-state index contributed by atoms with van der Waals surface area (Å²) in [5, 5.41) is 14.4. The smallest absolute Gasteiger partial charge is 0.325 e. The number of nitrogens with two attached hydrogens (primary N) is 1. The van der Waals surface area contributed by atoms with Gasteiger partial charge in [-0.15, -0.1) is 10.2 Å². The van der Waals surface area contributed by atoms with Gasteiger partial charge >= 0.3 is 6.03 Å². The van der Waals surface area contributed by atoms with Crippen LogP contribution in [0.15, 0.2) is 85.5 Å². The molecule has 0 bridgehead atoms. The zero-order chi connectivity index (χ0) is 30.6. The van der Waals surface area contributed by atoms with Crippen LogP contribution < -0.4 is 25.8 Å². The monoisotopic (exact) mass is 605 g/mol. The summed E-state index contributed by atoms with van der Waals surface area (Å²) in [6.45, 7) is 4.15. The van der Waals surface area contributed by atoms with Gasteiger partial charge in [-0.05, 0) is 60.7 Å². The van der Waals surface area contributed by atoms with E-state index >= 15 is 0 Å². The van der Waals surface area contributed by atoms with Crippen LogP contribution in [0, 0.1) is 11.6 Å². The number of nitrogens with zero attached hydrogens (tertiary/aromatic N) is 4. The van der Waals surface area contributed by atoms with Crippen molar-refractivity contribution in [2.24, 2.45) is 0 Å². The summed E-state index contributed by atoms with van der Waals surface area (Å²) in [5.41, 5.74) is 7.27. The van der Waals surface area contributed by atoms with Crippen molar-refractivity contribution in [3.63, 3.8) is 0 Å². The Morgan fingerprint density at radius 1 is 0.860 bits per heavy atom. The van der Waals surface area contributed by atoms with Crippen molar-refractivity contribution in [2.45, 2.75) is 33.0 Å². The van der Waals surface area contributed by atoms with E-state index in [0.29, 0.717) is 39.1 Å². The van der Waals surface area contributed by atoms with E-state index in [2.05, 4.69) is 30.8 Å². The van der Waals surface area contributed by atoms with E-state index < -0.39 is 11.8 Å². The number of benzene rings is 2. The third-order valence-electron chi connectivity index (χ3n) is 5.59. The lowest BCUT2D eigenvalue weighted by Gasteiger charge is -2.10. The minimum Gasteiger partial charge on any atom is -0.487 e. The lowest BCUT2D eigenvalue weighted by molar-refractivity contribution is 0.262. The molecule has 0 fully saturated rings. The molecule has 2 aromatic carbocycles. The molecule has 0 spiro atoms. The van der Waals surface area contributed by atoms with Crippen LogP contribution in [0.2, 0.25) is 0 Å². The van der Waals surface area contributed by atoms with Crippen molar-refractivity contribution in [1.29, 1.82) is 0 Å². The Morgan fingerprint density at radius 3 is 2.02 bits per heavy atom. The number of rotatable bonds is 9. The fourth-order valence-corrected chi connectivity index (χ4v) is 4.17. The van der Waals surface area contributed by atoms with E-state index in [0.717, 1.165) is 5.01 Å². The van der Waals surface area contributed by atoms with Gasteiger partial charge in [0, 0.05) is 40.8 Å². The molecule has 0 atom stereocenters. The number of nitrogens with one attached hydrogen (secondary N) is 2. The first kappa shape index (κ1) is 30.8. The van der Waals surface area contributed by atoms with Crippen LogP contribution in [-0.4, -0.2) is 26.2 Å². The highest BCUT2D eigenvalue weighted by Gasteiger charge is 2.12. The molecular weight excluding hydrogens is 576 g/mol. The summed E-state index contributed by atoms with van der Waals surface area (Å²) in [5.74, 6) is 0.628. The van der Waals surface area contributed by atoms with Gasteiger partial charge < -0.3 is 20.5 Å². The number of anilines is 3. The topological polar surface area (TPSA) is 137 Å². The van der Waals surface area contributed by atoms with Crippen LogP contribution in [0.5, 0.6) is 11.5 Å². The van der Waals surface area contributed by atoms with Gasteiger partial charge in [0.15, 0.2) is 0 Å².